The molecule has 0 spiro atoms. The molecule has 0 aliphatic rings. The summed E-state index contributed by atoms with van der Waals surface area (Å²) >= 11 is 1.70. The smallest absolute Gasteiger partial charge is 0.163 e. The third kappa shape index (κ3) is 2.63. The summed E-state index contributed by atoms with van der Waals surface area (Å²) in [6.07, 6.45) is 5.17. The van der Waals surface area contributed by atoms with Gasteiger partial charge in [0.25, 0.3) is 0 Å². The molecule has 0 saturated carbocycles. The number of aromatic nitrogens is 1. The average Bonchev–Trinajstić information content (AvgIpc) is 2.39. The Balaban J connectivity index is 2.29. The Morgan fingerprint density at radius 3 is 2.83 bits per heavy atom. The molecule has 1 aromatic heterocycles. The third-order valence-electron chi connectivity index (χ3n) is 2.50. The van der Waals surface area contributed by atoms with Crippen molar-refractivity contribution in [3.63, 3.8) is 0 Å². The van der Waals surface area contributed by atoms with E-state index in [1.54, 1.807) is 30.2 Å². The molecule has 2 rings (SSSR count). The van der Waals surface area contributed by atoms with Crippen molar-refractivity contribution >= 4 is 11.8 Å². The van der Waals surface area contributed by atoms with Crippen LogP contribution in [0.2, 0.25) is 0 Å². The molecule has 4 heteroatoms. The van der Waals surface area contributed by atoms with E-state index in [1.165, 1.54) is 4.90 Å². The highest BCUT2D eigenvalue weighted by atomic mass is 32.2. The highest BCUT2D eigenvalue weighted by Gasteiger charge is 2.05. The topological polar surface area (TPSA) is 45.9 Å². The maximum absolute atomic E-state index is 8.97. The Hall–Kier alpha value is -1.99. The van der Waals surface area contributed by atoms with E-state index in [0.717, 1.165) is 11.3 Å². The number of nitriles is 1. The molecule has 0 radical (unpaired) electrons. The summed E-state index contributed by atoms with van der Waals surface area (Å²) in [6.45, 7) is 2.03. The molecule has 0 N–H and O–H groups in total. The number of thioether (sulfide) groups is 1. The van der Waals surface area contributed by atoms with E-state index in [2.05, 4.69) is 11.1 Å². The van der Waals surface area contributed by atoms with Crippen LogP contribution in [0.15, 0.2) is 41.6 Å². The van der Waals surface area contributed by atoms with Gasteiger partial charge in [-0.05, 0) is 43.0 Å². The monoisotopic (exact) mass is 256 g/mol. The maximum Gasteiger partial charge on any atom is 0.163 e. The summed E-state index contributed by atoms with van der Waals surface area (Å²) < 4.78 is 5.69. The van der Waals surface area contributed by atoms with Crippen LogP contribution in [0.5, 0.6) is 11.5 Å². The Labute approximate surface area is 110 Å². The minimum absolute atomic E-state index is 0.483. The predicted octanol–water partition coefficient (Wildman–Crippen LogP) is 3.78. The van der Waals surface area contributed by atoms with E-state index in [4.69, 9.17) is 10.00 Å². The second-order valence-corrected chi connectivity index (χ2v) is 4.57. The van der Waals surface area contributed by atoms with E-state index in [-0.39, 0.29) is 0 Å². The van der Waals surface area contributed by atoms with E-state index < -0.39 is 0 Å². The standard InChI is InChI=1S/C14H12N2OS/c1-10-7-12(3-4-14(10)18-2)17-13-9-16-6-5-11(13)8-15/h3-7,9H,1-2H3. The third-order valence-corrected chi connectivity index (χ3v) is 3.40. The van der Waals surface area contributed by atoms with Crippen LogP contribution in [-0.4, -0.2) is 11.2 Å². The number of aryl methyl sites for hydroxylation is 1. The summed E-state index contributed by atoms with van der Waals surface area (Å²) in [5.41, 5.74) is 1.64. The van der Waals surface area contributed by atoms with Crippen molar-refractivity contribution in [3.8, 4) is 17.6 Å². The van der Waals surface area contributed by atoms with Gasteiger partial charge in [0.05, 0.1) is 11.8 Å². The first-order valence-electron chi connectivity index (χ1n) is 5.41. The fourth-order valence-electron chi connectivity index (χ4n) is 1.60. The van der Waals surface area contributed by atoms with Crippen molar-refractivity contribution in [3.05, 3.63) is 47.8 Å². The molecule has 1 heterocycles. The highest BCUT2D eigenvalue weighted by molar-refractivity contribution is 7.98. The van der Waals surface area contributed by atoms with Crippen LogP contribution in [-0.2, 0) is 0 Å². The van der Waals surface area contributed by atoms with Gasteiger partial charge < -0.3 is 4.74 Å². The van der Waals surface area contributed by atoms with Crippen molar-refractivity contribution < 1.29 is 4.74 Å². The zero-order chi connectivity index (χ0) is 13.0. The molecule has 0 saturated heterocycles. The fraction of sp³-hybridized carbons (Fsp3) is 0.143. The molecule has 0 aliphatic carbocycles. The first kappa shape index (κ1) is 12.5. The second kappa shape index (κ2) is 5.56. The van der Waals surface area contributed by atoms with Gasteiger partial charge in [0.1, 0.15) is 11.8 Å². The largest absolute Gasteiger partial charge is 0.454 e. The molecule has 0 amide bonds. The number of hydrogen-bond acceptors (Lipinski definition) is 4. The number of ether oxygens (including phenoxy) is 1. The molecule has 0 atom stereocenters. The van der Waals surface area contributed by atoms with Gasteiger partial charge in [0.15, 0.2) is 5.75 Å². The van der Waals surface area contributed by atoms with Crippen LogP contribution < -0.4 is 4.74 Å². The molecule has 18 heavy (non-hydrogen) atoms. The molecular formula is C14H12N2OS. The van der Waals surface area contributed by atoms with Crippen molar-refractivity contribution in [2.75, 3.05) is 6.26 Å². The van der Waals surface area contributed by atoms with Crippen molar-refractivity contribution in [2.24, 2.45) is 0 Å². The van der Waals surface area contributed by atoms with Crippen LogP contribution >= 0.6 is 11.8 Å². The number of hydrogen-bond donors (Lipinski definition) is 0. The number of benzene rings is 1. The molecule has 90 valence electrons. The lowest BCUT2D eigenvalue weighted by Gasteiger charge is -2.09. The van der Waals surface area contributed by atoms with Crippen LogP contribution in [0.1, 0.15) is 11.1 Å². The van der Waals surface area contributed by atoms with E-state index in [0.29, 0.717) is 11.3 Å². The number of rotatable bonds is 3. The first-order chi connectivity index (χ1) is 8.74. The van der Waals surface area contributed by atoms with E-state index in [1.807, 2.05) is 31.4 Å². The second-order valence-electron chi connectivity index (χ2n) is 3.72. The van der Waals surface area contributed by atoms with Crippen LogP contribution in [0.3, 0.4) is 0 Å². The zero-order valence-electron chi connectivity index (χ0n) is 10.2. The Kier molecular flexibility index (Phi) is 3.85. The Morgan fingerprint density at radius 1 is 1.33 bits per heavy atom. The normalized spacial score (nSPS) is 9.83. The summed E-state index contributed by atoms with van der Waals surface area (Å²) in [7, 11) is 0. The molecule has 0 unspecified atom stereocenters. The molecule has 0 fully saturated rings. The van der Waals surface area contributed by atoms with Gasteiger partial charge in [-0.2, -0.15) is 5.26 Å². The lowest BCUT2D eigenvalue weighted by molar-refractivity contribution is 0.478. The van der Waals surface area contributed by atoms with Gasteiger partial charge in [-0.3, -0.25) is 4.98 Å². The number of nitrogens with zero attached hydrogens (tertiary/aromatic N) is 2. The van der Waals surface area contributed by atoms with E-state index in [9.17, 15) is 0 Å². The van der Waals surface area contributed by atoms with Crippen LogP contribution in [0, 0.1) is 18.3 Å². The summed E-state index contributed by atoms with van der Waals surface area (Å²) in [6, 6.07) is 9.59. The molecule has 1 aromatic carbocycles. The Morgan fingerprint density at radius 2 is 2.17 bits per heavy atom. The van der Waals surface area contributed by atoms with Crippen molar-refractivity contribution in [2.45, 2.75) is 11.8 Å². The van der Waals surface area contributed by atoms with Crippen LogP contribution in [0.4, 0.5) is 0 Å². The quantitative estimate of drug-likeness (QED) is 0.784. The number of pyridine rings is 1. The lowest BCUT2D eigenvalue weighted by atomic mass is 10.2. The maximum atomic E-state index is 8.97. The zero-order valence-corrected chi connectivity index (χ0v) is 11.0. The summed E-state index contributed by atoms with van der Waals surface area (Å²) in [5.74, 6) is 1.20. The molecule has 0 bridgehead atoms. The van der Waals surface area contributed by atoms with Crippen molar-refractivity contribution in [1.82, 2.24) is 4.98 Å². The lowest BCUT2D eigenvalue weighted by Crippen LogP contribution is -1.90. The molecule has 3 nitrogen and oxygen atoms in total. The van der Waals surface area contributed by atoms with Gasteiger partial charge in [-0.25, -0.2) is 0 Å². The first-order valence-corrected chi connectivity index (χ1v) is 6.63. The summed E-state index contributed by atoms with van der Waals surface area (Å²) in [5, 5.41) is 8.97. The molecule has 2 aromatic rings. The molecule has 0 aliphatic heterocycles. The summed E-state index contributed by atoms with van der Waals surface area (Å²) in [4.78, 5) is 5.18. The minimum Gasteiger partial charge on any atom is -0.454 e. The highest BCUT2D eigenvalue weighted by Crippen LogP contribution is 2.28. The van der Waals surface area contributed by atoms with Gasteiger partial charge >= 0.3 is 0 Å². The van der Waals surface area contributed by atoms with Crippen LogP contribution in [0.25, 0.3) is 0 Å². The van der Waals surface area contributed by atoms with Gasteiger partial charge in [-0.15, -0.1) is 11.8 Å². The Bertz CT molecular complexity index is 605. The molecular weight excluding hydrogens is 244 g/mol. The van der Waals surface area contributed by atoms with Gasteiger partial charge in [-0.1, -0.05) is 0 Å². The fourth-order valence-corrected chi connectivity index (χ4v) is 2.18. The van der Waals surface area contributed by atoms with Gasteiger partial charge in [0, 0.05) is 11.1 Å². The average molecular weight is 256 g/mol. The van der Waals surface area contributed by atoms with E-state index >= 15 is 0 Å². The van der Waals surface area contributed by atoms with Crippen molar-refractivity contribution in [1.29, 1.82) is 5.26 Å². The predicted molar refractivity (Wildman–Crippen MR) is 72.0 cm³/mol. The van der Waals surface area contributed by atoms with Gasteiger partial charge in [0.2, 0.25) is 0 Å². The SMILES string of the molecule is CSc1ccc(Oc2cnccc2C#N)cc1C. The minimum atomic E-state index is 0.483.